The van der Waals surface area contributed by atoms with Crippen molar-refractivity contribution in [2.75, 3.05) is 13.2 Å². The molecule has 6 nitrogen and oxygen atoms in total. The average Bonchev–Trinajstić information content (AvgIpc) is 2.95. The summed E-state index contributed by atoms with van der Waals surface area (Å²) in [7, 11) is 0. The Morgan fingerprint density at radius 1 is 1.45 bits per heavy atom. The van der Waals surface area contributed by atoms with Crippen molar-refractivity contribution < 1.29 is 14.1 Å². The van der Waals surface area contributed by atoms with Crippen LogP contribution in [0, 0.1) is 5.92 Å². The maximum absolute atomic E-state index is 11.6. The van der Waals surface area contributed by atoms with Crippen molar-refractivity contribution in [3.05, 3.63) is 24.4 Å². The zero-order valence-corrected chi connectivity index (χ0v) is 12.0. The van der Waals surface area contributed by atoms with E-state index >= 15 is 0 Å². The molecule has 20 heavy (non-hydrogen) atoms. The maximum atomic E-state index is 11.6. The number of ether oxygens (including phenoxy) is 1. The van der Waals surface area contributed by atoms with Crippen LogP contribution in [0.4, 0.5) is 0 Å². The molecular weight excluding hydrogens is 258 g/mol. The summed E-state index contributed by atoms with van der Waals surface area (Å²) in [5.41, 5.74) is 0. The van der Waals surface area contributed by atoms with Gasteiger partial charge in [-0.25, -0.2) is 0 Å². The number of rotatable bonds is 5. The van der Waals surface area contributed by atoms with Crippen molar-refractivity contribution in [3.8, 4) is 0 Å². The summed E-state index contributed by atoms with van der Waals surface area (Å²) in [4.78, 5) is 16.0. The Bertz CT molecular complexity index is 464. The lowest BCUT2D eigenvalue weighted by Gasteiger charge is -2.28. The molecule has 1 unspecified atom stereocenters. The Kier molecular flexibility index (Phi) is 4.89. The molecule has 1 aromatic heterocycles. The third-order valence-electron chi connectivity index (χ3n) is 3.46. The Morgan fingerprint density at radius 3 is 2.70 bits per heavy atom. The van der Waals surface area contributed by atoms with Crippen LogP contribution in [0.15, 0.2) is 17.2 Å². The summed E-state index contributed by atoms with van der Waals surface area (Å²) in [6, 6.07) is -0.274. The van der Waals surface area contributed by atoms with Crippen molar-refractivity contribution in [1.82, 2.24) is 15.5 Å². The fourth-order valence-corrected chi connectivity index (χ4v) is 2.25. The summed E-state index contributed by atoms with van der Waals surface area (Å²) in [5, 5.41) is 6.87. The first-order valence-electron chi connectivity index (χ1n) is 6.96. The molecule has 0 radical (unpaired) electrons. The highest BCUT2D eigenvalue weighted by Crippen LogP contribution is 2.29. The van der Waals surface area contributed by atoms with Crippen LogP contribution in [0.25, 0.3) is 0 Å². The van der Waals surface area contributed by atoms with E-state index < -0.39 is 0 Å². The zero-order valence-electron chi connectivity index (χ0n) is 12.0. The first-order chi connectivity index (χ1) is 9.61. The SMILES string of the molecule is C=CC(=O)NC(c1nc(C(C)C)no1)C1CCOCC1. The van der Waals surface area contributed by atoms with Gasteiger partial charge in [0.2, 0.25) is 11.8 Å². The van der Waals surface area contributed by atoms with E-state index in [1.165, 1.54) is 6.08 Å². The van der Waals surface area contributed by atoms with Gasteiger partial charge in [0, 0.05) is 19.1 Å². The van der Waals surface area contributed by atoms with E-state index in [0.29, 0.717) is 24.9 Å². The highest BCUT2D eigenvalue weighted by molar-refractivity contribution is 5.87. The second-order valence-electron chi connectivity index (χ2n) is 5.29. The maximum Gasteiger partial charge on any atom is 0.249 e. The fraction of sp³-hybridized carbons (Fsp3) is 0.643. The van der Waals surface area contributed by atoms with Crippen LogP contribution < -0.4 is 5.32 Å². The van der Waals surface area contributed by atoms with Crippen molar-refractivity contribution >= 4 is 5.91 Å². The summed E-state index contributed by atoms with van der Waals surface area (Å²) in [6.45, 7) is 8.86. The van der Waals surface area contributed by atoms with E-state index in [-0.39, 0.29) is 23.8 Å². The zero-order chi connectivity index (χ0) is 14.5. The smallest absolute Gasteiger partial charge is 0.249 e. The minimum absolute atomic E-state index is 0.193. The predicted molar refractivity (Wildman–Crippen MR) is 73.0 cm³/mol. The normalized spacial score (nSPS) is 17.9. The van der Waals surface area contributed by atoms with E-state index in [0.717, 1.165) is 12.8 Å². The third-order valence-corrected chi connectivity index (χ3v) is 3.46. The van der Waals surface area contributed by atoms with Gasteiger partial charge < -0.3 is 14.6 Å². The lowest BCUT2D eigenvalue weighted by atomic mass is 9.91. The van der Waals surface area contributed by atoms with Gasteiger partial charge in [-0.2, -0.15) is 4.98 Å². The number of carbonyl (C=O) groups excluding carboxylic acids is 1. The summed E-state index contributed by atoms with van der Waals surface area (Å²) < 4.78 is 10.7. The lowest BCUT2D eigenvalue weighted by Crippen LogP contribution is -2.35. The summed E-state index contributed by atoms with van der Waals surface area (Å²) in [5.74, 6) is 1.33. The van der Waals surface area contributed by atoms with Crippen molar-refractivity contribution in [1.29, 1.82) is 0 Å². The van der Waals surface area contributed by atoms with E-state index in [4.69, 9.17) is 9.26 Å². The summed E-state index contributed by atoms with van der Waals surface area (Å²) in [6.07, 6.45) is 2.98. The van der Waals surface area contributed by atoms with Crippen LogP contribution in [0.3, 0.4) is 0 Å². The lowest BCUT2D eigenvalue weighted by molar-refractivity contribution is -0.118. The minimum Gasteiger partial charge on any atom is -0.381 e. The highest BCUT2D eigenvalue weighted by atomic mass is 16.5. The van der Waals surface area contributed by atoms with E-state index in [1.807, 2.05) is 13.8 Å². The molecule has 0 aliphatic carbocycles. The van der Waals surface area contributed by atoms with Crippen molar-refractivity contribution in [3.63, 3.8) is 0 Å². The van der Waals surface area contributed by atoms with Gasteiger partial charge in [-0.1, -0.05) is 25.6 Å². The van der Waals surface area contributed by atoms with Crippen molar-refractivity contribution in [2.24, 2.45) is 5.92 Å². The fourth-order valence-electron chi connectivity index (χ4n) is 2.25. The predicted octanol–water partition coefficient (Wildman–Crippen LogP) is 1.96. The molecule has 1 atom stereocenters. The van der Waals surface area contributed by atoms with Crippen LogP contribution in [0.1, 0.15) is 50.4 Å². The molecule has 0 aromatic carbocycles. The molecule has 0 spiro atoms. The number of nitrogens with one attached hydrogen (secondary N) is 1. The van der Waals surface area contributed by atoms with Gasteiger partial charge in [0.1, 0.15) is 6.04 Å². The molecule has 0 saturated carbocycles. The molecule has 1 saturated heterocycles. The largest absolute Gasteiger partial charge is 0.381 e. The van der Waals surface area contributed by atoms with Crippen LogP contribution in [0.2, 0.25) is 0 Å². The molecular formula is C14H21N3O3. The molecule has 1 aromatic rings. The quantitative estimate of drug-likeness (QED) is 0.834. The number of carbonyl (C=O) groups is 1. The van der Waals surface area contributed by atoms with Gasteiger partial charge in [0.25, 0.3) is 0 Å². The van der Waals surface area contributed by atoms with Gasteiger partial charge in [0.15, 0.2) is 5.82 Å². The second kappa shape index (κ2) is 6.65. The average molecular weight is 279 g/mol. The Balaban J connectivity index is 2.19. The monoisotopic (exact) mass is 279 g/mol. The first-order valence-corrected chi connectivity index (χ1v) is 6.96. The molecule has 1 aliphatic rings. The Labute approximate surface area is 118 Å². The van der Waals surface area contributed by atoms with E-state index in [1.54, 1.807) is 0 Å². The molecule has 110 valence electrons. The summed E-state index contributed by atoms with van der Waals surface area (Å²) >= 11 is 0. The Hall–Kier alpha value is -1.69. The van der Waals surface area contributed by atoms with Gasteiger partial charge in [-0.05, 0) is 24.8 Å². The van der Waals surface area contributed by atoms with Gasteiger partial charge in [-0.3, -0.25) is 4.79 Å². The standard InChI is InChI=1S/C14H21N3O3/c1-4-11(18)15-12(10-5-7-19-8-6-10)14-16-13(9(2)3)17-20-14/h4,9-10,12H,1,5-8H2,2-3H3,(H,15,18). The molecule has 6 heteroatoms. The number of hydrogen-bond donors (Lipinski definition) is 1. The first kappa shape index (κ1) is 14.7. The number of nitrogens with zero attached hydrogens (tertiary/aromatic N) is 2. The Morgan fingerprint density at radius 2 is 2.15 bits per heavy atom. The molecule has 0 bridgehead atoms. The minimum atomic E-state index is -0.274. The molecule has 1 fully saturated rings. The van der Waals surface area contributed by atoms with E-state index in [2.05, 4.69) is 22.0 Å². The topological polar surface area (TPSA) is 77.3 Å². The third kappa shape index (κ3) is 3.45. The van der Waals surface area contributed by atoms with Gasteiger partial charge in [-0.15, -0.1) is 0 Å². The molecule has 1 aliphatic heterocycles. The number of aromatic nitrogens is 2. The molecule has 2 heterocycles. The van der Waals surface area contributed by atoms with Crippen LogP contribution in [0.5, 0.6) is 0 Å². The van der Waals surface area contributed by atoms with Gasteiger partial charge >= 0.3 is 0 Å². The molecule has 2 rings (SSSR count). The van der Waals surface area contributed by atoms with Crippen LogP contribution in [-0.2, 0) is 9.53 Å². The molecule has 1 amide bonds. The second-order valence-corrected chi connectivity index (χ2v) is 5.29. The number of amides is 1. The van der Waals surface area contributed by atoms with Crippen LogP contribution >= 0.6 is 0 Å². The van der Waals surface area contributed by atoms with E-state index in [9.17, 15) is 4.79 Å². The number of hydrogen-bond acceptors (Lipinski definition) is 5. The highest BCUT2D eigenvalue weighted by Gasteiger charge is 2.31. The van der Waals surface area contributed by atoms with Crippen molar-refractivity contribution in [2.45, 2.75) is 38.6 Å². The molecule has 1 N–H and O–H groups in total. The van der Waals surface area contributed by atoms with Gasteiger partial charge in [0.05, 0.1) is 0 Å². The van der Waals surface area contributed by atoms with Crippen LogP contribution in [-0.4, -0.2) is 29.3 Å².